The third-order valence-corrected chi connectivity index (χ3v) is 7.30. The molecule has 2 aromatic carbocycles. The first-order valence-electron chi connectivity index (χ1n) is 10.2. The molecule has 0 radical (unpaired) electrons. The molecule has 10 heteroatoms. The lowest BCUT2D eigenvalue weighted by Crippen LogP contribution is -2.33. The smallest absolute Gasteiger partial charge is 0.232 e. The zero-order valence-electron chi connectivity index (χ0n) is 18.7. The Labute approximate surface area is 190 Å². The van der Waals surface area contributed by atoms with Gasteiger partial charge in [0.25, 0.3) is 0 Å². The Hall–Kier alpha value is -2.59. The molecule has 0 spiro atoms. The van der Waals surface area contributed by atoms with Crippen LogP contribution in [0.4, 0.5) is 5.69 Å². The molecule has 1 atom stereocenters. The van der Waals surface area contributed by atoms with Gasteiger partial charge in [0.05, 0.1) is 30.0 Å². The lowest BCUT2D eigenvalue weighted by molar-refractivity contribution is -0.121. The lowest BCUT2D eigenvalue weighted by Gasteiger charge is -2.23. The Kier molecular flexibility index (Phi) is 8.68. The quantitative estimate of drug-likeness (QED) is 0.527. The Morgan fingerprint density at radius 3 is 2.06 bits per heavy atom. The van der Waals surface area contributed by atoms with Crippen LogP contribution in [0.2, 0.25) is 0 Å². The molecule has 1 amide bonds. The molecule has 0 bridgehead atoms. The molecule has 0 saturated heterocycles. The minimum absolute atomic E-state index is 0.153. The molecule has 0 aromatic heterocycles. The summed E-state index contributed by atoms with van der Waals surface area (Å²) in [4.78, 5) is 12.7. The van der Waals surface area contributed by atoms with Crippen molar-refractivity contribution in [1.82, 2.24) is 5.32 Å². The van der Waals surface area contributed by atoms with Crippen LogP contribution >= 0.6 is 0 Å². The van der Waals surface area contributed by atoms with Gasteiger partial charge in [-0.3, -0.25) is 9.10 Å². The van der Waals surface area contributed by atoms with E-state index in [4.69, 9.17) is 4.74 Å². The second-order valence-electron chi connectivity index (χ2n) is 7.51. The number of hydrogen-bond donors (Lipinski definition) is 1. The van der Waals surface area contributed by atoms with E-state index in [1.807, 2.05) is 6.92 Å². The molecule has 0 aliphatic rings. The minimum Gasteiger partial charge on any atom is -0.497 e. The van der Waals surface area contributed by atoms with Crippen LogP contribution in [0.1, 0.15) is 37.8 Å². The SMILES string of the molecule is CCC(NC(=O)CCCN(c1ccc(OC)cc1)S(C)(=O)=O)c1ccc(S(C)(=O)=O)cc1. The Morgan fingerprint density at radius 1 is 1.00 bits per heavy atom. The number of carbonyl (C=O) groups is 1. The fourth-order valence-corrected chi connectivity index (χ4v) is 4.85. The summed E-state index contributed by atoms with van der Waals surface area (Å²) in [6.45, 7) is 2.09. The molecule has 32 heavy (non-hydrogen) atoms. The number of amides is 1. The highest BCUT2D eigenvalue weighted by Crippen LogP contribution is 2.22. The molecule has 1 N–H and O–H groups in total. The third kappa shape index (κ3) is 7.23. The van der Waals surface area contributed by atoms with Crippen LogP contribution in [-0.2, 0) is 24.7 Å². The van der Waals surface area contributed by atoms with Crippen LogP contribution in [0.3, 0.4) is 0 Å². The van der Waals surface area contributed by atoms with Gasteiger partial charge >= 0.3 is 0 Å². The largest absolute Gasteiger partial charge is 0.497 e. The van der Waals surface area contributed by atoms with Gasteiger partial charge in [0, 0.05) is 19.2 Å². The maximum absolute atomic E-state index is 12.5. The van der Waals surface area contributed by atoms with Crippen molar-refractivity contribution in [2.24, 2.45) is 0 Å². The zero-order chi connectivity index (χ0) is 23.9. The highest BCUT2D eigenvalue weighted by atomic mass is 32.2. The molecule has 2 rings (SSSR count). The lowest BCUT2D eigenvalue weighted by atomic mass is 10.0. The summed E-state index contributed by atoms with van der Waals surface area (Å²) < 4.78 is 54.0. The van der Waals surface area contributed by atoms with E-state index in [0.29, 0.717) is 24.3 Å². The van der Waals surface area contributed by atoms with Gasteiger partial charge in [-0.25, -0.2) is 16.8 Å². The molecule has 0 saturated carbocycles. The molecule has 8 nitrogen and oxygen atoms in total. The van der Waals surface area contributed by atoms with Gasteiger partial charge < -0.3 is 10.1 Å². The number of anilines is 1. The van der Waals surface area contributed by atoms with Crippen LogP contribution < -0.4 is 14.4 Å². The second kappa shape index (κ2) is 10.8. The number of carbonyl (C=O) groups excluding carboxylic acids is 1. The van der Waals surface area contributed by atoms with Crippen LogP contribution in [0.25, 0.3) is 0 Å². The van der Waals surface area contributed by atoms with Crippen molar-refractivity contribution in [2.75, 3.05) is 30.5 Å². The van der Waals surface area contributed by atoms with Crippen molar-refractivity contribution < 1.29 is 26.4 Å². The maximum Gasteiger partial charge on any atom is 0.232 e. The molecule has 0 aliphatic carbocycles. The predicted octanol–water partition coefficient (Wildman–Crippen LogP) is 2.91. The molecule has 2 aromatic rings. The van der Waals surface area contributed by atoms with Crippen molar-refractivity contribution in [3.05, 3.63) is 54.1 Å². The number of nitrogens with zero attached hydrogens (tertiary/aromatic N) is 1. The van der Waals surface area contributed by atoms with E-state index in [1.54, 1.807) is 36.4 Å². The van der Waals surface area contributed by atoms with E-state index < -0.39 is 19.9 Å². The van der Waals surface area contributed by atoms with Crippen molar-refractivity contribution in [3.63, 3.8) is 0 Å². The van der Waals surface area contributed by atoms with E-state index in [-0.39, 0.29) is 29.8 Å². The minimum atomic E-state index is -3.51. The van der Waals surface area contributed by atoms with Crippen molar-refractivity contribution in [3.8, 4) is 5.75 Å². The molecular formula is C22H30N2O6S2. The van der Waals surface area contributed by atoms with Crippen molar-refractivity contribution >= 4 is 31.5 Å². The number of hydrogen-bond acceptors (Lipinski definition) is 6. The van der Waals surface area contributed by atoms with E-state index >= 15 is 0 Å². The Bertz CT molecular complexity index is 1110. The summed E-state index contributed by atoms with van der Waals surface area (Å²) in [5, 5.41) is 2.94. The predicted molar refractivity (Wildman–Crippen MR) is 125 cm³/mol. The Morgan fingerprint density at radius 2 is 1.59 bits per heavy atom. The first-order chi connectivity index (χ1) is 15.0. The fourth-order valence-electron chi connectivity index (χ4n) is 3.25. The Balaban J connectivity index is 1.98. The maximum atomic E-state index is 12.5. The van der Waals surface area contributed by atoms with Gasteiger partial charge in [0.15, 0.2) is 9.84 Å². The average molecular weight is 483 g/mol. The van der Waals surface area contributed by atoms with Crippen molar-refractivity contribution in [1.29, 1.82) is 0 Å². The first kappa shape index (κ1) is 25.7. The summed E-state index contributed by atoms with van der Waals surface area (Å²) in [5.41, 5.74) is 1.32. The topological polar surface area (TPSA) is 110 Å². The highest BCUT2D eigenvalue weighted by molar-refractivity contribution is 7.92. The average Bonchev–Trinajstić information content (AvgIpc) is 2.74. The summed E-state index contributed by atoms with van der Waals surface area (Å²) in [6, 6.07) is 12.9. The molecule has 0 heterocycles. The monoisotopic (exact) mass is 482 g/mol. The standard InChI is InChI=1S/C22H30N2O6S2/c1-5-21(17-8-14-20(15-9-17)31(3,26)27)23-22(25)7-6-16-24(32(4,28)29)18-10-12-19(30-2)13-11-18/h8-15,21H,5-7,16H2,1-4H3,(H,23,25). The van der Waals surface area contributed by atoms with Gasteiger partial charge in [0.1, 0.15) is 5.75 Å². The molecular weight excluding hydrogens is 452 g/mol. The number of methoxy groups -OCH3 is 1. The number of rotatable bonds is 11. The van der Waals surface area contributed by atoms with Crippen LogP contribution in [0, 0.1) is 0 Å². The number of sulfone groups is 1. The van der Waals surface area contributed by atoms with Gasteiger partial charge in [-0.1, -0.05) is 19.1 Å². The van der Waals surface area contributed by atoms with E-state index in [0.717, 1.165) is 18.1 Å². The van der Waals surface area contributed by atoms with Crippen molar-refractivity contribution in [2.45, 2.75) is 37.1 Å². The van der Waals surface area contributed by atoms with Crippen LogP contribution in [0.15, 0.2) is 53.4 Å². The molecule has 1 unspecified atom stereocenters. The fraction of sp³-hybridized carbons (Fsp3) is 0.409. The molecule has 0 aliphatic heterocycles. The summed E-state index contributed by atoms with van der Waals surface area (Å²) in [5.74, 6) is 0.420. The normalized spacial score (nSPS) is 12.8. The van der Waals surface area contributed by atoms with E-state index in [2.05, 4.69) is 5.32 Å². The van der Waals surface area contributed by atoms with Gasteiger partial charge in [-0.15, -0.1) is 0 Å². The highest BCUT2D eigenvalue weighted by Gasteiger charge is 2.19. The van der Waals surface area contributed by atoms with Crippen LogP contribution in [-0.4, -0.2) is 48.9 Å². The number of ether oxygens (including phenoxy) is 1. The van der Waals surface area contributed by atoms with Crippen LogP contribution in [0.5, 0.6) is 5.75 Å². The van der Waals surface area contributed by atoms with Gasteiger partial charge in [-0.2, -0.15) is 0 Å². The zero-order valence-corrected chi connectivity index (χ0v) is 20.4. The number of benzene rings is 2. The summed E-state index contributed by atoms with van der Waals surface area (Å²) in [7, 11) is -5.26. The molecule has 176 valence electrons. The summed E-state index contributed by atoms with van der Waals surface area (Å²) >= 11 is 0. The van der Waals surface area contributed by atoms with E-state index in [1.165, 1.54) is 23.5 Å². The number of sulfonamides is 1. The van der Waals surface area contributed by atoms with Gasteiger partial charge in [-0.05, 0) is 54.8 Å². The second-order valence-corrected chi connectivity index (χ2v) is 11.4. The first-order valence-corrected chi connectivity index (χ1v) is 13.9. The van der Waals surface area contributed by atoms with Gasteiger partial charge in [0.2, 0.25) is 15.9 Å². The number of nitrogens with one attached hydrogen (secondary N) is 1. The van der Waals surface area contributed by atoms with E-state index in [9.17, 15) is 21.6 Å². The molecule has 0 fully saturated rings. The third-order valence-electron chi connectivity index (χ3n) is 4.98. The summed E-state index contributed by atoms with van der Waals surface area (Å²) in [6.07, 6.45) is 3.40.